The van der Waals surface area contributed by atoms with Crippen molar-refractivity contribution in [2.75, 3.05) is 65.9 Å². The van der Waals surface area contributed by atoms with Gasteiger partial charge in [-0.3, -0.25) is 33.6 Å². The number of nitrogens with one attached hydrogen (secondary N) is 5. The molecule has 0 spiro atoms. The van der Waals surface area contributed by atoms with Gasteiger partial charge >= 0.3 is 23.9 Å². The Morgan fingerprint density at radius 1 is 0.362 bits per heavy atom. The molecule has 11 N–H and O–H groups in total. The van der Waals surface area contributed by atoms with Crippen LogP contribution in [0.3, 0.4) is 0 Å². The van der Waals surface area contributed by atoms with Gasteiger partial charge in [-0.2, -0.15) is 0 Å². The molecule has 0 saturated heterocycles. The van der Waals surface area contributed by atoms with E-state index < -0.39 is 84.1 Å². The Bertz CT molecular complexity index is 1540. The normalized spacial score (nSPS) is 12.2. The van der Waals surface area contributed by atoms with E-state index in [4.69, 9.17) is 34.9 Å². The van der Waals surface area contributed by atoms with Gasteiger partial charge in [0.25, 0.3) is 0 Å². The van der Waals surface area contributed by atoms with E-state index >= 15 is 0 Å². The molecule has 0 saturated carbocycles. The van der Waals surface area contributed by atoms with Gasteiger partial charge < -0.3 is 71.7 Å². The number of hydrogen-bond donors (Lipinski definition) is 10. The van der Waals surface area contributed by atoms with Gasteiger partial charge in [-0.1, -0.05) is 77.0 Å². The van der Waals surface area contributed by atoms with Crippen LogP contribution < -0.4 is 32.3 Å². The topological polar surface area (TPSA) is 375 Å². The van der Waals surface area contributed by atoms with Crippen molar-refractivity contribution in [3.63, 3.8) is 0 Å². The van der Waals surface area contributed by atoms with Crippen molar-refractivity contribution in [2.45, 2.75) is 159 Å². The Kier molecular flexibility index (Phi) is 39.3. The highest BCUT2D eigenvalue weighted by Gasteiger charge is 2.25. The minimum atomic E-state index is -1.41. The van der Waals surface area contributed by atoms with E-state index in [9.17, 15) is 58.2 Å². The smallest absolute Gasteiger partial charge is 0.326 e. The zero-order chi connectivity index (χ0) is 51.5. The van der Waals surface area contributed by atoms with E-state index in [1.54, 1.807) is 0 Å². The third kappa shape index (κ3) is 41.3. The lowest BCUT2D eigenvalue weighted by Crippen LogP contribution is -2.44. The SMILES string of the molecule is NC(=O)CCC(NC(=O)COCCOCCNC(=O)COCCOCCNC(=O)CCC(NC(=O)CCC(NC(=O)CCCCCCCCCCCCCCCCC(=O)O)C(=O)O)C(=O)O)C(=O)O. The number of aliphatic carboxylic acids is 4. The molecule has 0 bridgehead atoms. The minimum absolute atomic E-state index is 0.0242. The van der Waals surface area contributed by atoms with Crippen LogP contribution in [0.25, 0.3) is 0 Å². The Morgan fingerprint density at radius 3 is 1.12 bits per heavy atom. The molecule has 0 aromatic rings. The molecule has 0 aromatic carbocycles. The summed E-state index contributed by atoms with van der Waals surface area (Å²) in [5, 5.41) is 49.0. The third-order valence-electron chi connectivity index (χ3n) is 10.3. The molecule has 6 amide bonds. The van der Waals surface area contributed by atoms with Crippen LogP contribution in [-0.2, 0) is 66.9 Å². The molecular formula is C45H78N6O18. The molecule has 24 nitrogen and oxygen atoms in total. The predicted molar refractivity (Wildman–Crippen MR) is 246 cm³/mol. The second kappa shape index (κ2) is 42.6. The van der Waals surface area contributed by atoms with Crippen LogP contribution in [-0.4, -0.2) is 164 Å². The largest absolute Gasteiger partial charge is 0.481 e. The number of carboxylic acid groups (broad SMARTS) is 4. The molecular weight excluding hydrogens is 913 g/mol. The van der Waals surface area contributed by atoms with E-state index in [1.165, 1.54) is 25.7 Å². The first kappa shape index (κ1) is 63.5. The van der Waals surface area contributed by atoms with Crippen molar-refractivity contribution in [1.29, 1.82) is 0 Å². The third-order valence-corrected chi connectivity index (χ3v) is 10.3. The number of hydrogen-bond acceptors (Lipinski definition) is 14. The number of rotatable bonds is 48. The van der Waals surface area contributed by atoms with Crippen LogP contribution in [0.4, 0.5) is 0 Å². The van der Waals surface area contributed by atoms with Gasteiger partial charge in [0.05, 0.1) is 39.6 Å². The van der Waals surface area contributed by atoms with Gasteiger partial charge in [0, 0.05) is 45.2 Å². The number of ether oxygens (including phenoxy) is 4. The summed E-state index contributed by atoms with van der Waals surface area (Å²) in [6.45, 7) is 0.130. The summed E-state index contributed by atoms with van der Waals surface area (Å²) in [6.07, 6.45) is 13.4. The van der Waals surface area contributed by atoms with E-state index in [0.29, 0.717) is 6.42 Å². The Morgan fingerprint density at radius 2 is 0.696 bits per heavy atom. The number of nitrogens with two attached hydrogens (primary N) is 1. The van der Waals surface area contributed by atoms with Gasteiger partial charge in [-0.25, -0.2) is 14.4 Å². The summed E-state index contributed by atoms with van der Waals surface area (Å²) < 4.78 is 21.0. The summed E-state index contributed by atoms with van der Waals surface area (Å²) in [5.74, 6) is -8.21. The number of unbranched alkanes of at least 4 members (excludes halogenated alkanes) is 13. The summed E-state index contributed by atoms with van der Waals surface area (Å²) in [4.78, 5) is 117. The first-order valence-electron chi connectivity index (χ1n) is 23.9. The fourth-order valence-corrected chi connectivity index (χ4v) is 6.50. The molecule has 396 valence electrons. The van der Waals surface area contributed by atoms with Gasteiger partial charge in [0.15, 0.2) is 0 Å². The van der Waals surface area contributed by atoms with Crippen LogP contribution in [0.1, 0.15) is 141 Å². The molecule has 3 unspecified atom stereocenters. The van der Waals surface area contributed by atoms with E-state index in [0.717, 1.165) is 57.8 Å². The predicted octanol–water partition coefficient (Wildman–Crippen LogP) is 1.15. The lowest BCUT2D eigenvalue weighted by atomic mass is 10.0. The summed E-state index contributed by atoms with van der Waals surface area (Å²) >= 11 is 0. The van der Waals surface area contributed by atoms with Gasteiger partial charge in [-0.05, 0) is 32.1 Å². The van der Waals surface area contributed by atoms with Crippen LogP contribution in [0.2, 0.25) is 0 Å². The standard InChI is InChI=1S/C45H78N6O18/c46-36(52)20-17-33(43(60)61)51-41(57)32-69-30-28-67-26-24-48-40(56)31-68-29-27-66-25-23-47-37(53)21-18-34(44(62)63)50-39(55)22-19-35(45(64)65)49-38(54)15-13-11-9-7-5-3-1-2-4-6-8-10-12-14-16-42(58)59/h33-35H,1-32H2,(H2,46,52)(H,47,53)(H,48,56)(H,49,54)(H,50,55)(H,51,57)(H,58,59)(H,60,61)(H,62,63)(H,64,65). The molecule has 0 aliphatic carbocycles. The van der Waals surface area contributed by atoms with E-state index in [1.807, 2.05) is 0 Å². The highest BCUT2D eigenvalue weighted by Crippen LogP contribution is 2.14. The number of carbonyl (C=O) groups is 10. The highest BCUT2D eigenvalue weighted by molar-refractivity contribution is 5.87. The quantitative estimate of drug-likeness (QED) is 0.0382. The second-order valence-electron chi connectivity index (χ2n) is 16.3. The molecule has 0 fully saturated rings. The summed E-state index contributed by atoms with van der Waals surface area (Å²) in [5.41, 5.74) is 5.00. The van der Waals surface area contributed by atoms with Crippen molar-refractivity contribution in [1.82, 2.24) is 26.6 Å². The molecule has 0 aliphatic rings. The fourth-order valence-electron chi connectivity index (χ4n) is 6.50. The number of carbonyl (C=O) groups excluding carboxylic acids is 6. The van der Waals surface area contributed by atoms with Crippen molar-refractivity contribution in [2.24, 2.45) is 5.73 Å². The Labute approximate surface area is 403 Å². The molecule has 69 heavy (non-hydrogen) atoms. The van der Waals surface area contributed by atoms with Crippen LogP contribution >= 0.6 is 0 Å². The minimum Gasteiger partial charge on any atom is -0.481 e. The maximum Gasteiger partial charge on any atom is 0.326 e. The zero-order valence-electron chi connectivity index (χ0n) is 39.9. The monoisotopic (exact) mass is 991 g/mol. The molecule has 3 atom stereocenters. The average Bonchev–Trinajstić information content (AvgIpc) is 3.28. The van der Waals surface area contributed by atoms with Crippen LogP contribution in [0.5, 0.6) is 0 Å². The average molecular weight is 991 g/mol. The molecule has 24 heteroatoms. The van der Waals surface area contributed by atoms with Crippen molar-refractivity contribution in [3.05, 3.63) is 0 Å². The molecule has 0 aliphatic heterocycles. The maximum absolute atomic E-state index is 12.5. The number of carboxylic acids is 4. The highest BCUT2D eigenvalue weighted by atomic mass is 16.5. The second-order valence-corrected chi connectivity index (χ2v) is 16.3. The van der Waals surface area contributed by atoms with Crippen molar-refractivity contribution in [3.8, 4) is 0 Å². The zero-order valence-corrected chi connectivity index (χ0v) is 39.9. The maximum atomic E-state index is 12.5. The van der Waals surface area contributed by atoms with Gasteiger partial charge in [0.2, 0.25) is 35.4 Å². The summed E-state index contributed by atoms with van der Waals surface area (Å²) in [7, 11) is 0. The van der Waals surface area contributed by atoms with E-state index in [2.05, 4.69) is 26.6 Å². The molecule has 0 radical (unpaired) electrons. The number of primary amides is 1. The van der Waals surface area contributed by atoms with Gasteiger partial charge in [-0.15, -0.1) is 0 Å². The molecule has 0 heterocycles. The lowest BCUT2D eigenvalue weighted by molar-refractivity contribution is -0.143. The van der Waals surface area contributed by atoms with Gasteiger partial charge in [0.1, 0.15) is 31.3 Å². The summed E-state index contributed by atoms with van der Waals surface area (Å²) in [6, 6.07) is -4.01. The number of amides is 6. The fraction of sp³-hybridized carbons (Fsp3) is 0.778. The van der Waals surface area contributed by atoms with Crippen molar-refractivity contribution < 1.29 is 87.3 Å². The Hall–Kier alpha value is -5.46. The molecule has 0 rings (SSSR count). The van der Waals surface area contributed by atoms with E-state index in [-0.39, 0.29) is 111 Å². The first-order chi connectivity index (χ1) is 33.0. The Balaban J connectivity index is 3.98. The van der Waals surface area contributed by atoms with Crippen LogP contribution in [0.15, 0.2) is 0 Å². The first-order valence-corrected chi connectivity index (χ1v) is 23.9. The van der Waals surface area contributed by atoms with Crippen molar-refractivity contribution >= 4 is 59.3 Å². The van der Waals surface area contributed by atoms with Crippen LogP contribution in [0, 0.1) is 0 Å². The lowest BCUT2D eigenvalue weighted by Gasteiger charge is -2.17. The molecule has 0 aromatic heterocycles.